The molecule has 4 nitrogen and oxygen atoms in total. The number of piperidine rings is 1. The third-order valence-electron chi connectivity index (χ3n) is 3.59. The molecule has 0 aromatic heterocycles. The van der Waals surface area contributed by atoms with Crippen LogP contribution in [0.5, 0.6) is 0 Å². The van der Waals surface area contributed by atoms with E-state index in [1.165, 1.54) is 23.1 Å². The Balaban J connectivity index is 2.29. The van der Waals surface area contributed by atoms with E-state index in [-0.39, 0.29) is 24.1 Å². The van der Waals surface area contributed by atoms with Gasteiger partial charge in [0.15, 0.2) is 0 Å². The number of carbonyl (C=O) groups is 1. The first-order valence-electron chi connectivity index (χ1n) is 6.42. The lowest BCUT2D eigenvalue weighted by Crippen LogP contribution is -2.42. The van der Waals surface area contributed by atoms with Crippen LogP contribution in [0, 0.1) is 17.2 Å². The molecule has 0 spiro atoms. The molecule has 1 aliphatic rings. The second-order valence-electron chi connectivity index (χ2n) is 4.98. The molecule has 21 heavy (non-hydrogen) atoms. The molecule has 1 heterocycles. The van der Waals surface area contributed by atoms with Crippen molar-refractivity contribution in [1.82, 2.24) is 0 Å². The van der Waals surface area contributed by atoms with E-state index in [1.807, 2.05) is 6.07 Å². The quantitative estimate of drug-likeness (QED) is 0.911. The minimum atomic E-state index is -4.26. The van der Waals surface area contributed by atoms with Crippen LogP contribution in [-0.4, -0.2) is 30.3 Å². The summed E-state index contributed by atoms with van der Waals surface area (Å²) in [6.45, 7) is 0.221. The SMILES string of the molecule is N#Cc1cc(C(=O)O)ccc1N1CCCC(C(F)(F)F)C1. The Kier molecular flexibility index (Phi) is 4.07. The number of carboxylic acid groups (broad SMARTS) is 1. The first-order valence-corrected chi connectivity index (χ1v) is 6.42. The lowest BCUT2D eigenvalue weighted by molar-refractivity contribution is -0.175. The molecule has 1 unspecified atom stereocenters. The van der Waals surface area contributed by atoms with Gasteiger partial charge < -0.3 is 10.0 Å². The molecule has 1 fully saturated rings. The van der Waals surface area contributed by atoms with E-state index in [1.54, 1.807) is 0 Å². The van der Waals surface area contributed by atoms with E-state index >= 15 is 0 Å². The molecule has 7 heteroatoms. The second kappa shape index (κ2) is 5.64. The van der Waals surface area contributed by atoms with Crippen LogP contribution in [0.3, 0.4) is 0 Å². The average molecular weight is 298 g/mol. The summed E-state index contributed by atoms with van der Waals surface area (Å²) in [4.78, 5) is 12.4. The van der Waals surface area contributed by atoms with E-state index in [0.29, 0.717) is 18.7 Å². The smallest absolute Gasteiger partial charge is 0.393 e. The molecule has 112 valence electrons. The lowest BCUT2D eigenvalue weighted by atomic mass is 9.96. The van der Waals surface area contributed by atoms with Crippen LogP contribution in [0.1, 0.15) is 28.8 Å². The van der Waals surface area contributed by atoms with Crippen molar-refractivity contribution in [3.8, 4) is 6.07 Å². The van der Waals surface area contributed by atoms with E-state index < -0.39 is 18.1 Å². The predicted molar refractivity (Wildman–Crippen MR) is 69.1 cm³/mol. The number of rotatable bonds is 2. The number of carboxylic acids is 1. The third kappa shape index (κ3) is 3.27. The number of nitrogens with zero attached hydrogens (tertiary/aromatic N) is 2. The van der Waals surface area contributed by atoms with Crippen molar-refractivity contribution in [3.05, 3.63) is 29.3 Å². The number of alkyl halides is 3. The van der Waals surface area contributed by atoms with Crippen LogP contribution in [-0.2, 0) is 0 Å². The molecule has 1 aliphatic heterocycles. The van der Waals surface area contributed by atoms with Crippen LogP contribution in [0.4, 0.5) is 18.9 Å². The van der Waals surface area contributed by atoms with Gasteiger partial charge in [0.1, 0.15) is 6.07 Å². The fourth-order valence-corrected chi connectivity index (χ4v) is 2.50. The van der Waals surface area contributed by atoms with E-state index in [2.05, 4.69) is 0 Å². The number of aromatic carboxylic acids is 1. The highest BCUT2D eigenvalue weighted by Gasteiger charge is 2.42. The number of halogens is 3. The molecule has 1 N–H and O–H groups in total. The molecule has 1 saturated heterocycles. The van der Waals surface area contributed by atoms with Gasteiger partial charge in [-0.15, -0.1) is 0 Å². The van der Waals surface area contributed by atoms with Crippen LogP contribution < -0.4 is 4.90 Å². The Morgan fingerprint density at radius 1 is 1.43 bits per heavy atom. The van der Waals surface area contributed by atoms with Crippen molar-refractivity contribution in [2.24, 2.45) is 5.92 Å². The van der Waals surface area contributed by atoms with E-state index in [4.69, 9.17) is 10.4 Å². The monoisotopic (exact) mass is 298 g/mol. The maximum atomic E-state index is 12.8. The van der Waals surface area contributed by atoms with Crippen molar-refractivity contribution < 1.29 is 23.1 Å². The van der Waals surface area contributed by atoms with Crippen LogP contribution in [0.2, 0.25) is 0 Å². The van der Waals surface area contributed by atoms with Crippen molar-refractivity contribution in [1.29, 1.82) is 5.26 Å². The summed E-state index contributed by atoms with van der Waals surface area (Å²) in [6, 6.07) is 5.75. The second-order valence-corrected chi connectivity index (χ2v) is 4.98. The van der Waals surface area contributed by atoms with Gasteiger partial charge in [-0.1, -0.05) is 0 Å². The Labute approximate surface area is 119 Å². The standard InChI is InChI=1S/C14H13F3N2O2/c15-14(16,17)11-2-1-5-19(8-11)12-4-3-9(13(20)21)6-10(12)7-18/h3-4,6,11H,1-2,5,8H2,(H,20,21). The molecule has 0 saturated carbocycles. The van der Waals surface area contributed by atoms with Crippen molar-refractivity contribution in [3.63, 3.8) is 0 Å². The number of hydrogen-bond donors (Lipinski definition) is 1. The highest BCUT2D eigenvalue weighted by molar-refractivity contribution is 5.89. The first kappa shape index (κ1) is 15.2. The molecular formula is C14H13F3N2O2. The van der Waals surface area contributed by atoms with Gasteiger partial charge >= 0.3 is 12.1 Å². The fraction of sp³-hybridized carbons (Fsp3) is 0.429. The van der Waals surface area contributed by atoms with Crippen LogP contribution in [0.25, 0.3) is 0 Å². The summed E-state index contributed by atoms with van der Waals surface area (Å²) in [7, 11) is 0. The van der Waals surface area contributed by atoms with Gasteiger partial charge in [-0.3, -0.25) is 0 Å². The Bertz CT molecular complexity index is 593. The molecular weight excluding hydrogens is 285 g/mol. The molecule has 1 aromatic rings. The number of benzene rings is 1. The number of anilines is 1. The maximum Gasteiger partial charge on any atom is 0.393 e. The Hall–Kier alpha value is -2.23. The van der Waals surface area contributed by atoms with Gasteiger partial charge in [-0.25, -0.2) is 4.79 Å². The fourth-order valence-electron chi connectivity index (χ4n) is 2.50. The summed E-state index contributed by atoms with van der Waals surface area (Å²) < 4.78 is 38.4. The van der Waals surface area contributed by atoms with Gasteiger partial charge in [-0.2, -0.15) is 18.4 Å². The van der Waals surface area contributed by atoms with Crippen LogP contribution in [0.15, 0.2) is 18.2 Å². The van der Waals surface area contributed by atoms with Gasteiger partial charge in [0, 0.05) is 13.1 Å². The average Bonchev–Trinajstić information content (AvgIpc) is 2.45. The molecule has 2 rings (SSSR count). The molecule has 0 amide bonds. The normalized spacial score (nSPS) is 19.1. The summed E-state index contributed by atoms with van der Waals surface area (Å²) in [5.74, 6) is -2.60. The van der Waals surface area contributed by atoms with E-state index in [0.717, 1.165) is 0 Å². The first-order chi connectivity index (χ1) is 9.82. The largest absolute Gasteiger partial charge is 0.478 e. The maximum absolute atomic E-state index is 12.8. The third-order valence-corrected chi connectivity index (χ3v) is 3.59. The molecule has 1 aromatic carbocycles. The summed E-state index contributed by atoms with van der Waals surface area (Å²) in [5, 5.41) is 18.0. The Morgan fingerprint density at radius 3 is 2.71 bits per heavy atom. The zero-order valence-electron chi connectivity index (χ0n) is 11.0. The van der Waals surface area contributed by atoms with Crippen molar-refractivity contribution in [2.45, 2.75) is 19.0 Å². The summed E-state index contributed by atoms with van der Waals surface area (Å²) >= 11 is 0. The highest BCUT2D eigenvalue weighted by atomic mass is 19.4. The lowest BCUT2D eigenvalue weighted by Gasteiger charge is -2.35. The minimum absolute atomic E-state index is 0.0559. The van der Waals surface area contributed by atoms with E-state index in [9.17, 15) is 18.0 Å². The predicted octanol–water partition coefficient (Wildman–Crippen LogP) is 3.04. The van der Waals surface area contributed by atoms with Crippen LogP contribution >= 0.6 is 0 Å². The zero-order valence-corrected chi connectivity index (χ0v) is 11.0. The molecule has 0 radical (unpaired) electrons. The van der Waals surface area contributed by atoms with Crippen molar-refractivity contribution in [2.75, 3.05) is 18.0 Å². The Morgan fingerprint density at radius 2 is 2.14 bits per heavy atom. The van der Waals surface area contributed by atoms with Crippen molar-refractivity contribution >= 4 is 11.7 Å². The summed E-state index contributed by atoms with van der Waals surface area (Å²) in [5.41, 5.74) is 0.383. The molecule has 1 atom stereocenters. The zero-order chi connectivity index (χ0) is 15.6. The molecule has 0 aliphatic carbocycles. The number of nitriles is 1. The molecule has 0 bridgehead atoms. The summed E-state index contributed by atoms with van der Waals surface area (Å²) in [6.07, 6.45) is -3.79. The van der Waals surface area contributed by atoms with Gasteiger partial charge in [0.25, 0.3) is 0 Å². The van der Waals surface area contributed by atoms with Gasteiger partial charge in [0.2, 0.25) is 0 Å². The van der Waals surface area contributed by atoms with Gasteiger partial charge in [-0.05, 0) is 31.0 Å². The minimum Gasteiger partial charge on any atom is -0.478 e. The number of hydrogen-bond acceptors (Lipinski definition) is 3. The highest BCUT2D eigenvalue weighted by Crippen LogP contribution is 2.35. The topological polar surface area (TPSA) is 64.3 Å². The van der Waals surface area contributed by atoms with Gasteiger partial charge in [0.05, 0.1) is 22.7 Å².